The van der Waals surface area contributed by atoms with E-state index in [9.17, 15) is 5.26 Å². The average Bonchev–Trinajstić information content (AvgIpc) is 3.02. The summed E-state index contributed by atoms with van der Waals surface area (Å²) in [6.45, 7) is 3.80. The molecule has 2 N–H and O–H groups in total. The van der Waals surface area contributed by atoms with Crippen molar-refractivity contribution in [2.24, 2.45) is 5.73 Å². The van der Waals surface area contributed by atoms with E-state index in [0.717, 1.165) is 11.1 Å². The number of oxazole rings is 1. The van der Waals surface area contributed by atoms with Crippen molar-refractivity contribution in [3.63, 3.8) is 0 Å². The van der Waals surface area contributed by atoms with Crippen LogP contribution in [0.1, 0.15) is 28.6 Å². The Bertz CT molecular complexity index is 1090. The van der Waals surface area contributed by atoms with E-state index in [4.69, 9.17) is 21.8 Å². The maximum atomic E-state index is 9.90. The zero-order chi connectivity index (χ0) is 19.1. The van der Waals surface area contributed by atoms with Crippen LogP contribution in [0.5, 0.6) is 0 Å². The average molecular weight is 377 g/mol. The van der Waals surface area contributed by atoms with Crippen LogP contribution < -0.4 is 10.6 Å². The highest BCUT2D eigenvalue weighted by Gasteiger charge is 2.38. The second kappa shape index (κ2) is 6.49. The molecule has 27 heavy (non-hydrogen) atoms. The maximum Gasteiger partial charge on any atom is 0.230 e. The van der Waals surface area contributed by atoms with E-state index in [1.54, 1.807) is 24.0 Å². The van der Waals surface area contributed by atoms with Crippen LogP contribution in [-0.4, -0.2) is 4.98 Å². The number of nitriles is 1. The molecule has 134 valence electrons. The van der Waals surface area contributed by atoms with Crippen LogP contribution in [0.4, 0.5) is 11.6 Å². The molecule has 0 amide bonds. The highest BCUT2D eigenvalue weighted by atomic mass is 35.5. The predicted octanol–water partition coefficient (Wildman–Crippen LogP) is 4.92. The first-order valence-electron chi connectivity index (χ1n) is 8.49. The number of aryl methyl sites for hydroxylation is 2. The summed E-state index contributed by atoms with van der Waals surface area (Å²) in [6, 6.07) is 17.5. The quantitative estimate of drug-likeness (QED) is 0.686. The monoisotopic (exact) mass is 376 g/mol. The van der Waals surface area contributed by atoms with Gasteiger partial charge in [0.2, 0.25) is 5.88 Å². The minimum atomic E-state index is -0.376. The fraction of sp³-hybridized carbons (Fsp3) is 0.143. The van der Waals surface area contributed by atoms with Crippen LogP contribution in [-0.2, 0) is 0 Å². The van der Waals surface area contributed by atoms with Gasteiger partial charge in [-0.3, -0.25) is 4.90 Å². The van der Waals surface area contributed by atoms with E-state index in [1.165, 1.54) is 0 Å². The lowest BCUT2D eigenvalue weighted by Gasteiger charge is -2.31. The molecule has 1 atom stereocenters. The Hall–Kier alpha value is -3.23. The van der Waals surface area contributed by atoms with Crippen molar-refractivity contribution >= 4 is 23.2 Å². The SMILES string of the molecule is Cc1ccc(C2C(C#N)=C(N)N(c3cccc(Cl)c3)c3oc(C)nc32)cc1. The van der Waals surface area contributed by atoms with Crippen molar-refractivity contribution in [2.75, 3.05) is 4.90 Å². The second-order valence-corrected chi connectivity index (χ2v) is 6.93. The van der Waals surface area contributed by atoms with E-state index >= 15 is 0 Å². The van der Waals surface area contributed by atoms with Crippen LogP contribution in [0.2, 0.25) is 5.02 Å². The van der Waals surface area contributed by atoms with Crippen LogP contribution in [0.3, 0.4) is 0 Å². The largest absolute Gasteiger partial charge is 0.424 e. The second-order valence-electron chi connectivity index (χ2n) is 6.49. The van der Waals surface area contributed by atoms with Crippen molar-refractivity contribution in [2.45, 2.75) is 19.8 Å². The molecule has 3 aromatic rings. The molecular weight excluding hydrogens is 360 g/mol. The third-order valence-corrected chi connectivity index (χ3v) is 4.86. The van der Waals surface area contributed by atoms with Crippen LogP contribution in [0.15, 0.2) is 64.3 Å². The summed E-state index contributed by atoms with van der Waals surface area (Å²) >= 11 is 6.16. The molecule has 0 fully saturated rings. The van der Waals surface area contributed by atoms with E-state index in [1.807, 2.05) is 43.3 Å². The Labute approximate surface area is 162 Å². The van der Waals surface area contributed by atoms with Crippen LogP contribution >= 0.6 is 11.6 Å². The molecule has 0 radical (unpaired) electrons. The smallest absolute Gasteiger partial charge is 0.230 e. The Morgan fingerprint density at radius 3 is 2.59 bits per heavy atom. The highest BCUT2D eigenvalue weighted by Crippen LogP contribution is 2.46. The maximum absolute atomic E-state index is 9.90. The number of hydrogen-bond acceptors (Lipinski definition) is 5. The first-order chi connectivity index (χ1) is 13.0. The van der Waals surface area contributed by atoms with Gasteiger partial charge in [-0.2, -0.15) is 5.26 Å². The molecule has 0 aliphatic carbocycles. The number of rotatable bonds is 2. The number of fused-ring (bicyclic) bond motifs is 1. The Morgan fingerprint density at radius 2 is 1.93 bits per heavy atom. The number of anilines is 2. The minimum absolute atomic E-state index is 0.314. The summed E-state index contributed by atoms with van der Waals surface area (Å²) in [5.74, 6) is 0.959. The normalized spacial score (nSPS) is 16.2. The lowest BCUT2D eigenvalue weighted by Crippen LogP contribution is -2.31. The van der Waals surface area contributed by atoms with Gasteiger partial charge in [-0.15, -0.1) is 0 Å². The molecule has 4 rings (SSSR count). The van der Waals surface area contributed by atoms with Crippen molar-refractivity contribution in [1.82, 2.24) is 4.98 Å². The summed E-state index contributed by atoms with van der Waals surface area (Å²) < 4.78 is 5.90. The number of benzene rings is 2. The summed E-state index contributed by atoms with van der Waals surface area (Å²) in [4.78, 5) is 6.28. The van der Waals surface area contributed by atoms with Gasteiger partial charge in [0, 0.05) is 11.9 Å². The molecule has 2 heterocycles. The Morgan fingerprint density at radius 1 is 1.19 bits per heavy atom. The van der Waals surface area contributed by atoms with Crippen molar-refractivity contribution < 1.29 is 4.42 Å². The molecule has 5 nitrogen and oxygen atoms in total. The van der Waals surface area contributed by atoms with Crippen LogP contribution in [0.25, 0.3) is 0 Å². The van der Waals surface area contributed by atoms with E-state index in [2.05, 4.69) is 11.1 Å². The molecule has 2 aromatic carbocycles. The number of allylic oxidation sites excluding steroid dienone is 1. The molecule has 6 heteroatoms. The van der Waals surface area contributed by atoms with Gasteiger partial charge in [0.15, 0.2) is 5.89 Å². The lowest BCUT2D eigenvalue weighted by atomic mass is 9.86. The third-order valence-electron chi connectivity index (χ3n) is 4.62. The fourth-order valence-electron chi connectivity index (χ4n) is 3.37. The molecule has 1 aromatic heterocycles. The van der Waals surface area contributed by atoms with E-state index in [0.29, 0.717) is 39.6 Å². The number of nitrogens with zero attached hydrogens (tertiary/aromatic N) is 3. The fourth-order valence-corrected chi connectivity index (χ4v) is 3.56. The molecule has 0 saturated carbocycles. The molecular formula is C21H17ClN4O. The molecule has 1 aliphatic rings. The summed E-state index contributed by atoms with van der Waals surface area (Å²) in [5, 5.41) is 10.5. The van der Waals surface area contributed by atoms with Gasteiger partial charge in [0.05, 0.1) is 23.2 Å². The molecule has 0 spiro atoms. The van der Waals surface area contributed by atoms with Gasteiger partial charge in [-0.1, -0.05) is 47.5 Å². The number of hydrogen-bond donors (Lipinski definition) is 1. The Kier molecular flexibility index (Phi) is 4.14. The number of aromatic nitrogens is 1. The van der Waals surface area contributed by atoms with Gasteiger partial charge in [0.1, 0.15) is 11.5 Å². The first kappa shape index (κ1) is 17.2. The van der Waals surface area contributed by atoms with Crippen molar-refractivity contribution in [3.05, 3.63) is 87.7 Å². The molecule has 1 aliphatic heterocycles. The lowest BCUT2D eigenvalue weighted by molar-refractivity contribution is 0.522. The summed E-state index contributed by atoms with van der Waals surface area (Å²) in [6.07, 6.45) is 0. The van der Waals surface area contributed by atoms with Crippen LogP contribution in [0, 0.1) is 25.2 Å². The molecule has 1 unspecified atom stereocenters. The van der Waals surface area contributed by atoms with Crippen molar-refractivity contribution in [3.8, 4) is 6.07 Å². The minimum Gasteiger partial charge on any atom is -0.424 e. The van der Waals surface area contributed by atoms with Gasteiger partial charge in [-0.05, 0) is 30.7 Å². The van der Waals surface area contributed by atoms with E-state index in [-0.39, 0.29) is 5.92 Å². The number of halogens is 1. The standard InChI is InChI=1S/C21H17ClN4O/c1-12-6-8-14(9-7-12)18-17(11-23)20(24)26(16-5-3-4-15(22)10-16)21-19(18)25-13(2)27-21/h3-10,18H,24H2,1-2H3. The topological polar surface area (TPSA) is 79.1 Å². The van der Waals surface area contributed by atoms with Gasteiger partial charge in [-0.25, -0.2) is 4.98 Å². The zero-order valence-corrected chi connectivity index (χ0v) is 15.7. The summed E-state index contributed by atoms with van der Waals surface area (Å²) in [5.41, 5.74) is 10.3. The zero-order valence-electron chi connectivity index (χ0n) is 14.9. The Balaban J connectivity index is 1.96. The van der Waals surface area contributed by atoms with E-state index < -0.39 is 0 Å². The molecule has 0 bridgehead atoms. The number of nitrogens with two attached hydrogens (primary N) is 1. The predicted molar refractivity (Wildman–Crippen MR) is 105 cm³/mol. The van der Waals surface area contributed by atoms with Gasteiger partial charge < -0.3 is 10.2 Å². The third kappa shape index (κ3) is 2.84. The summed E-state index contributed by atoms with van der Waals surface area (Å²) in [7, 11) is 0. The first-order valence-corrected chi connectivity index (χ1v) is 8.86. The van der Waals surface area contributed by atoms with Gasteiger partial charge in [0.25, 0.3) is 0 Å². The van der Waals surface area contributed by atoms with Crippen molar-refractivity contribution in [1.29, 1.82) is 5.26 Å². The highest BCUT2D eigenvalue weighted by molar-refractivity contribution is 6.30. The molecule has 0 saturated heterocycles. The van der Waals surface area contributed by atoms with Gasteiger partial charge >= 0.3 is 0 Å².